The van der Waals surface area contributed by atoms with Crippen molar-refractivity contribution in [3.63, 3.8) is 0 Å². The van der Waals surface area contributed by atoms with E-state index in [1.54, 1.807) is 7.11 Å². The Morgan fingerprint density at radius 1 is 1.38 bits per heavy atom. The van der Waals surface area contributed by atoms with Crippen LogP contribution >= 0.6 is 0 Å². The first-order valence-electron chi connectivity index (χ1n) is 8.59. The van der Waals surface area contributed by atoms with Gasteiger partial charge in [-0.2, -0.15) is 0 Å². The zero-order valence-corrected chi connectivity index (χ0v) is 14.7. The lowest BCUT2D eigenvalue weighted by Crippen LogP contribution is -2.37. The fourth-order valence-corrected chi connectivity index (χ4v) is 3.45. The van der Waals surface area contributed by atoms with Crippen LogP contribution in [0.2, 0.25) is 0 Å². The quantitative estimate of drug-likeness (QED) is 0.895. The molecule has 0 spiro atoms. The molecule has 0 saturated carbocycles. The van der Waals surface area contributed by atoms with E-state index in [-0.39, 0.29) is 12.5 Å². The monoisotopic (exact) mass is 334 g/mol. The maximum Gasteiger partial charge on any atom is 0.262 e. The average molecular weight is 334 g/mol. The lowest BCUT2D eigenvalue weighted by Gasteiger charge is -2.33. The number of hydrogen-bond acceptors (Lipinski definition) is 5. The molecule has 2 aliphatic rings. The maximum atomic E-state index is 11.6. The van der Waals surface area contributed by atoms with Crippen molar-refractivity contribution in [2.24, 2.45) is 0 Å². The number of fused-ring (bicyclic) bond motifs is 1. The van der Waals surface area contributed by atoms with Crippen LogP contribution in [0.4, 0.5) is 5.69 Å². The number of amides is 1. The maximum absolute atomic E-state index is 11.6. The summed E-state index contributed by atoms with van der Waals surface area (Å²) >= 11 is 0. The minimum atomic E-state index is -0.112. The lowest BCUT2D eigenvalue weighted by atomic mass is 10.0. The predicted molar refractivity (Wildman–Crippen MR) is 91.8 cm³/mol. The molecule has 0 atom stereocenters. The smallest absolute Gasteiger partial charge is 0.262 e. The molecule has 0 aromatic heterocycles. The summed E-state index contributed by atoms with van der Waals surface area (Å²) in [6.07, 6.45) is 2.46. The van der Waals surface area contributed by atoms with Crippen LogP contribution in [0.25, 0.3) is 0 Å². The summed E-state index contributed by atoms with van der Waals surface area (Å²) in [5.74, 6) is 1.45. The highest BCUT2D eigenvalue weighted by molar-refractivity contribution is 5.97. The van der Waals surface area contributed by atoms with Gasteiger partial charge in [-0.25, -0.2) is 0 Å². The first-order valence-corrected chi connectivity index (χ1v) is 8.59. The van der Waals surface area contributed by atoms with Gasteiger partial charge in [0.15, 0.2) is 12.4 Å². The molecule has 2 heterocycles. The van der Waals surface area contributed by atoms with Gasteiger partial charge in [-0.05, 0) is 38.3 Å². The molecular formula is C18H26N2O4. The van der Waals surface area contributed by atoms with Gasteiger partial charge in [0, 0.05) is 26.2 Å². The van der Waals surface area contributed by atoms with Gasteiger partial charge in [-0.3, -0.25) is 9.69 Å². The number of benzene rings is 1. The van der Waals surface area contributed by atoms with E-state index in [1.807, 2.05) is 19.9 Å². The largest absolute Gasteiger partial charge is 0.496 e. The number of carbonyl (C=O) groups excluding carboxylic acids is 1. The standard InChI is InChI=1S/C18H26N2O4/c1-4-23-13-5-7-20(8-6-13)10-14-15(22-3)9-12(2)17-18(14)24-11-16(21)19-17/h9,13H,4-8,10-11H2,1-3H3,(H,19,21). The third-order valence-electron chi connectivity index (χ3n) is 4.69. The van der Waals surface area contributed by atoms with Gasteiger partial charge in [0.25, 0.3) is 5.91 Å². The number of ether oxygens (including phenoxy) is 3. The number of nitrogens with zero attached hydrogens (tertiary/aromatic N) is 1. The number of rotatable bonds is 5. The van der Waals surface area contributed by atoms with Crippen LogP contribution in [0.1, 0.15) is 30.9 Å². The topological polar surface area (TPSA) is 60.0 Å². The van der Waals surface area contributed by atoms with E-state index in [2.05, 4.69) is 10.2 Å². The minimum absolute atomic E-state index is 0.0546. The Kier molecular flexibility index (Phi) is 5.26. The second-order valence-electron chi connectivity index (χ2n) is 6.35. The molecule has 1 aromatic rings. The number of anilines is 1. The Morgan fingerprint density at radius 2 is 2.12 bits per heavy atom. The van der Waals surface area contributed by atoms with Crippen LogP contribution in [-0.4, -0.2) is 50.3 Å². The second-order valence-corrected chi connectivity index (χ2v) is 6.35. The van der Waals surface area contributed by atoms with Crippen molar-refractivity contribution in [2.75, 3.05) is 38.7 Å². The van der Waals surface area contributed by atoms with Gasteiger partial charge in [0.2, 0.25) is 0 Å². The number of nitrogens with one attached hydrogen (secondary N) is 1. The van der Waals surface area contributed by atoms with Crippen molar-refractivity contribution in [2.45, 2.75) is 39.3 Å². The number of likely N-dealkylation sites (tertiary alicyclic amines) is 1. The average Bonchev–Trinajstić information content (AvgIpc) is 2.59. The number of piperidine rings is 1. The molecule has 0 radical (unpaired) electrons. The van der Waals surface area contributed by atoms with Crippen molar-refractivity contribution >= 4 is 11.6 Å². The normalized spacial score (nSPS) is 18.7. The van der Waals surface area contributed by atoms with Crippen molar-refractivity contribution in [3.05, 3.63) is 17.2 Å². The van der Waals surface area contributed by atoms with Gasteiger partial charge in [-0.15, -0.1) is 0 Å². The second kappa shape index (κ2) is 7.40. The third-order valence-corrected chi connectivity index (χ3v) is 4.69. The van der Waals surface area contributed by atoms with Crippen molar-refractivity contribution in [3.8, 4) is 11.5 Å². The first kappa shape index (κ1) is 17.0. The summed E-state index contributed by atoms with van der Waals surface area (Å²) in [7, 11) is 1.67. The highest BCUT2D eigenvalue weighted by Crippen LogP contribution is 2.41. The van der Waals surface area contributed by atoms with E-state index < -0.39 is 0 Å². The van der Waals surface area contributed by atoms with Crippen molar-refractivity contribution in [1.29, 1.82) is 0 Å². The van der Waals surface area contributed by atoms with Gasteiger partial charge in [0.05, 0.1) is 24.5 Å². The first-order chi connectivity index (χ1) is 11.6. The van der Waals surface area contributed by atoms with Crippen LogP contribution < -0.4 is 14.8 Å². The lowest BCUT2D eigenvalue weighted by molar-refractivity contribution is -0.118. The van der Waals surface area contributed by atoms with Gasteiger partial charge in [0.1, 0.15) is 5.75 Å². The van der Waals surface area contributed by atoms with E-state index in [0.29, 0.717) is 6.10 Å². The van der Waals surface area contributed by atoms with Crippen LogP contribution in [0.3, 0.4) is 0 Å². The Hall–Kier alpha value is -1.79. The van der Waals surface area contributed by atoms with Gasteiger partial charge < -0.3 is 19.5 Å². The Labute approximate surface area is 143 Å². The molecule has 6 nitrogen and oxygen atoms in total. The van der Waals surface area contributed by atoms with Crippen LogP contribution in [0.5, 0.6) is 11.5 Å². The molecule has 0 unspecified atom stereocenters. The van der Waals surface area contributed by atoms with Gasteiger partial charge >= 0.3 is 0 Å². The molecule has 1 saturated heterocycles. The SMILES string of the molecule is CCOC1CCN(Cc2c(OC)cc(C)c3c2OCC(=O)N3)CC1. The minimum Gasteiger partial charge on any atom is -0.496 e. The summed E-state index contributed by atoms with van der Waals surface area (Å²) < 4.78 is 17.0. The van der Waals surface area contributed by atoms with Crippen molar-refractivity contribution < 1.29 is 19.0 Å². The predicted octanol–water partition coefficient (Wildman–Crippen LogP) is 2.34. The van der Waals surface area contributed by atoms with E-state index in [9.17, 15) is 4.79 Å². The molecule has 1 amide bonds. The highest BCUT2D eigenvalue weighted by atomic mass is 16.5. The molecule has 6 heteroatoms. The van der Waals surface area contributed by atoms with Crippen LogP contribution in [0, 0.1) is 6.92 Å². The van der Waals surface area contributed by atoms with E-state index in [1.165, 1.54) is 0 Å². The van der Waals surface area contributed by atoms with Crippen LogP contribution in [-0.2, 0) is 16.1 Å². The number of carbonyl (C=O) groups is 1. The summed E-state index contributed by atoms with van der Waals surface area (Å²) in [5.41, 5.74) is 2.73. The number of aryl methyl sites for hydroxylation is 1. The van der Waals surface area contributed by atoms with Crippen LogP contribution in [0.15, 0.2) is 6.07 Å². The van der Waals surface area contributed by atoms with E-state index in [0.717, 1.165) is 67.4 Å². The zero-order valence-electron chi connectivity index (χ0n) is 14.7. The third kappa shape index (κ3) is 3.49. The van der Waals surface area contributed by atoms with Crippen molar-refractivity contribution in [1.82, 2.24) is 4.90 Å². The summed E-state index contributed by atoms with van der Waals surface area (Å²) in [6.45, 7) is 7.55. The molecule has 24 heavy (non-hydrogen) atoms. The Morgan fingerprint density at radius 3 is 2.79 bits per heavy atom. The molecule has 132 valence electrons. The zero-order chi connectivity index (χ0) is 17.1. The summed E-state index contributed by atoms with van der Waals surface area (Å²) in [5, 5.41) is 2.92. The molecule has 0 aliphatic carbocycles. The molecule has 2 aliphatic heterocycles. The van der Waals surface area contributed by atoms with E-state index >= 15 is 0 Å². The molecular weight excluding hydrogens is 308 g/mol. The Balaban J connectivity index is 1.80. The van der Waals surface area contributed by atoms with Gasteiger partial charge in [-0.1, -0.05) is 0 Å². The summed E-state index contributed by atoms with van der Waals surface area (Å²) in [6, 6.07) is 1.97. The Bertz CT molecular complexity index is 610. The molecule has 1 aromatic carbocycles. The molecule has 1 fully saturated rings. The molecule has 0 bridgehead atoms. The summed E-state index contributed by atoms with van der Waals surface area (Å²) in [4.78, 5) is 14.0. The van der Waals surface area contributed by atoms with E-state index in [4.69, 9.17) is 14.2 Å². The fraction of sp³-hybridized carbons (Fsp3) is 0.611. The molecule has 3 rings (SSSR count). The molecule has 1 N–H and O–H groups in total. The number of methoxy groups -OCH3 is 1. The fourth-order valence-electron chi connectivity index (χ4n) is 3.45. The highest BCUT2D eigenvalue weighted by Gasteiger charge is 2.27. The number of hydrogen-bond donors (Lipinski definition) is 1.